The van der Waals surface area contributed by atoms with Crippen molar-refractivity contribution in [2.45, 2.75) is 19.4 Å². The van der Waals surface area contributed by atoms with E-state index in [1.807, 2.05) is 24.3 Å². The average Bonchev–Trinajstić information content (AvgIpc) is 3.22. The van der Waals surface area contributed by atoms with Gasteiger partial charge in [0.25, 0.3) is 5.91 Å². The first kappa shape index (κ1) is 19.0. The lowest BCUT2D eigenvalue weighted by atomic mass is 10.1. The van der Waals surface area contributed by atoms with Gasteiger partial charge in [-0.1, -0.05) is 41.6 Å². The number of nitrogens with zero attached hydrogens (tertiary/aromatic N) is 4. The zero-order chi connectivity index (χ0) is 21.4. The molecule has 3 N–H and O–H groups in total. The largest absolute Gasteiger partial charge is 0.370 e. The van der Waals surface area contributed by atoms with Gasteiger partial charge in [-0.2, -0.15) is 0 Å². The van der Waals surface area contributed by atoms with Crippen molar-refractivity contribution < 1.29 is 9.32 Å². The highest BCUT2D eigenvalue weighted by Gasteiger charge is 2.25. The van der Waals surface area contributed by atoms with Gasteiger partial charge in [-0.3, -0.25) is 4.79 Å². The number of carbonyl (C=O) groups is 1. The third-order valence-corrected chi connectivity index (χ3v) is 5.53. The van der Waals surface area contributed by atoms with Gasteiger partial charge in [0.15, 0.2) is 5.82 Å². The van der Waals surface area contributed by atoms with Gasteiger partial charge in [0.05, 0.1) is 16.6 Å². The molecule has 8 nitrogen and oxygen atoms in total. The first-order chi connectivity index (χ1) is 15.1. The summed E-state index contributed by atoms with van der Waals surface area (Å²) in [6, 6.07) is 15.4. The smallest absolute Gasteiger partial charge is 0.251 e. The maximum Gasteiger partial charge on any atom is 0.251 e. The van der Waals surface area contributed by atoms with E-state index in [0.717, 1.165) is 42.1 Å². The van der Waals surface area contributed by atoms with Crippen molar-refractivity contribution in [2.24, 2.45) is 5.73 Å². The Hall–Kier alpha value is -3.94. The maximum absolute atomic E-state index is 11.8. The van der Waals surface area contributed by atoms with Gasteiger partial charge in [0.2, 0.25) is 11.6 Å². The molecule has 0 fully saturated rings. The Morgan fingerprint density at radius 3 is 2.81 bits per heavy atom. The van der Waals surface area contributed by atoms with E-state index in [9.17, 15) is 4.79 Å². The van der Waals surface area contributed by atoms with Crippen molar-refractivity contribution in [3.05, 3.63) is 65.4 Å². The number of primary amides is 1. The molecular weight excluding hydrogens is 392 g/mol. The molecule has 0 spiro atoms. The minimum atomic E-state index is -0.552. The molecule has 0 saturated carbocycles. The van der Waals surface area contributed by atoms with Crippen LogP contribution in [-0.2, 0) is 13.0 Å². The summed E-state index contributed by atoms with van der Waals surface area (Å²) in [5.74, 6) is 1.07. The highest BCUT2D eigenvalue weighted by molar-refractivity contribution is 6.07. The number of fused-ring (bicyclic) bond motifs is 2. The van der Waals surface area contributed by atoms with Gasteiger partial charge in [-0.05, 0) is 30.5 Å². The molecule has 2 aromatic heterocycles. The molecule has 8 heteroatoms. The number of hydrogen-bond acceptors (Lipinski definition) is 7. The van der Waals surface area contributed by atoms with Gasteiger partial charge in [-0.15, -0.1) is 0 Å². The highest BCUT2D eigenvalue weighted by Crippen LogP contribution is 2.36. The van der Waals surface area contributed by atoms with Crippen LogP contribution in [0.3, 0.4) is 0 Å². The summed E-state index contributed by atoms with van der Waals surface area (Å²) in [6.07, 6.45) is 1.87. The van der Waals surface area contributed by atoms with Crippen molar-refractivity contribution in [1.29, 1.82) is 0 Å². The van der Waals surface area contributed by atoms with E-state index in [0.29, 0.717) is 34.6 Å². The molecule has 3 heterocycles. The van der Waals surface area contributed by atoms with E-state index >= 15 is 0 Å². The number of rotatable bonds is 5. The number of nitrogens with one attached hydrogen (secondary N) is 1. The lowest BCUT2D eigenvalue weighted by molar-refractivity contribution is 0.100. The zero-order valence-corrected chi connectivity index (χ0v) is 17.1. The summed E-state index contributed by atoms with van der Waals surface area (Å²) in [5.41, 5.74) is 9.35. The molecule has 156 valence electrons. The van der Waals surface area contributed by atoms with Gasteiger partial charge < -0.3 is 20.5 Å². The van der Waals surface area contributed by atoms with E-state index in [4.69, 9.17) is 20.2 Å². The first-order valence-electron chi connectivity index (χ1n) is 10.2. The number of amides is 1. The molecule has 1 amide bonds. The van der Waals surface area contributed by atoms with Crippen LogP contribution in [0.15, 0.2) is 53.1 Å². The lowest BCUT2D eigenvalue weighted by Gasteiger charge is -2.29. The van der Waals surface area contributed by atoms with Crippen molar-refractivity contribution >= 4 is 28.3 Å². The molecular formula is C23H22N6O2. The van der Waals surface area contributed by atoms with Crippen LogP contribution in [0.1, 0.15) is 28.0 Å². The third kappa shape index (κ3) is 3.46. The second-order valence-corrected chi connectivity index (χ2v) is 7.63. The van der Waals surface area contributed by atoms with Crippen LogP contribution >= 0.6 is 0 Å². The van der Waals surface area contributed by atoms with Crippen LogP contribution in [0.25, 0.3) is 22.5 Å². The predicted molar refractivity (Wildman–Crippen MR) is 119 cm³/mol. The molecule has 1 aliphatic rings. The molecule has 0 unspecified atom stereocenters. The van der Waals surface area contributed by atoms with Crippen molar-refractivity contribution in [3.8, 4) is 11.6 Å². The normalized spacial score (nSPS) is 13.3. The quantitative estimate of drug-likeness (QED) is 0.515. The minimum absolute atomic E-state index is 0.313. The van der Waals surface area contributed by atoms with E-state index < -0.39 is 5.91 Å². The third-order valence-electron chi connectivity index (χ3n) is 5.53. The van der Waals surface area contributed by atoms with E-state index in [1.165, 1.54) is 0 Å². The average molecular weight is 414 g/mol. The van der Waals surface area contributed by atoms with Crippen LogP contribution in [0, 0.1) is 0 Å². The number of benzene rings is 2. The fraction of sp³-hybridized carbons (Fsp3) is 0.217. The molecule has 0 aliphatic carbocycles. The van der Waals surface area contributed by atoms with Crippen LogP contribution < -0.4 is 16.0 Å². The summed E-state index contributed by atoms with van der Waals surface area (Å²) in [7, 11) is 2.05. The van der Waals surface area contributed by atoms with Gasteiger partial charge in [0, 0.05) is 20.1 Å². The minimum Gasteiger partial charge on any atom is -0.370 e. The van der Waals surface area contributed by atoms with Gasteiger partial charge >= 0.3 is 0 Å². The van der Waals surface area contributed by atoms with Crippen LogP contribution in [0.5, 0.6) is 0 Å². The van der Waals surface area contributed by atoms with Crippen LogP contribution in [0.2, 0.25) is 0 Å². The van der Waals surface area contributed by atoms with Crippen molar-refractivity contribution in [1.82, 2.24) is 15.1 Å². The SMILES string of the molecule is CN1CCCc2nc(-c3onc4c(C(N)=O)cccc34)nc(NCc3ccccc3)c21. The molecule has 31 heavy (non-hydrogen) atoms. The Morgan fingerprint density at radius 2 is 2.00 bits per heavy atom. The predicted octanol–water partition coefficient (Wildman–Crippen LogP) is 3.38. The summed E-state index contributed by atoms with van der Waals surface area (Å²) in [4.78, 5) is 23.5. The molecule has 0 atom stereocenters. The summed E-state index contributed by atoms with van der Waals surface area (Å²) in [5, 5.41) is 8.21. The van der Waals surface area contributed by atoms with E-state index in [2.05, 4.69) is 34.6 Å². The van der Waals surface area contributed by atoms with Crippen molar-refractivity contribution in [2.75, 3.05) is 23.8 Å². The number of aryl methyl sites for hydroxylation is 1. The van der Waals surface area contributed by atoms with Crippen LogP contribution in [-0.4, -0.2) is 34.6 Å². The Morgan fingerprint density at radius 1 is 1.16 bits per heavy atom. The molecule has 2 aromatic carbocycles. The van der Waals surface area contributed by atoms with E-state index in [1.54, 1.807) is 12.1 Å². The molecule has 0 saturated heterocycles. The first-order valence-corrected chi connectivity index (χ1v) is 10.2. The zero-order valence-electron chi connectivity index (χ0n) is 17.1. The molecule has 5 rings (SSSR count). The number of aromatic nitrogens is 3. The number of nitrogens with two attached hydrogens (primary N) is 1. The molecule has 4 aromatic rings. The number of anilines is 2. The highest BCUT2D eigenvalue weighted by atomic mass is 16.5. The topological polar surface area (TPSA) is 110 Å². The maximum atomic E-state index is 11.8. The summed E-state index contributed by atoms with van der Waals surface area (Å²) < 4.78 is 5.60. The second-order valence-electron chi connectivity index (χ2n) is 7.63. The monoisotopic (exact) mass is 414 g/mol. The van der Waals surface area contributed by atoms with Crippen LogP contribution in [0.4, 0.5) is 11.5 Å². The number of carbonyl (C=O) groups excluding carboxylic acids is 1. The fourth-order valence-corrected chi connectivity index (χ4v) is 4.00. The Bertz CT molecular complexity index is 1270. The fourth-order valence-electron chi connectivity index (χ4n) is 4.00. The van der Waals surface area contributed by atoms with Gasteiger partial charge in [-0.25, -0.2) is 9.97 Å². The molecule has 1 aliphatic heterocycles. The van der Waals surface area contributed by atoms with Crippen molar-refractivity contribution in [3.63, 3.8) is 0 Å². The van der Waals surface area contributed by atoms with E-state index in [-0.39, 0.29) is 0 Å². The number of hydrogen-bond donors (Lipinski definition) is 2. The summed E-state index contributed by atoms with van der Waals surface area (Å²) in [6.45, 7) is 1.59. The second kappa shape index (κ2) is 7.71. The lowest BCUT2D eigenvalue weighted by Crippen LogP contribution is -2.27. The Labute approximate surface area is 179 Å². The van der Waals surface area contributed by atoms with Gasteiger partial charge in [0.1, 0.15) is 11.2 Å². The Balaban J connectivity index is 1.61. The standard InChI is InChI=1S/C23H22N6O2/c1-29-12-6-11-17-19(29)22(25-13-14-7-3-2-4-8-14)27-23(26-17)20-15-9-5-10-16(21(24)30)18(15)28-31-20/h2-5,7-10H,6,11-13H2,1H3,(H2,24,30)(H,25,26,27). The molecule has 0 radical (unpaired) electrons. The molecule has 0 bridgehead atoms. The summed E-state index contributed by atoms with van der Waals surface area (Å²) >= 11 is 0. The Kier molecular flexibility index (Phi) is 4.74.